The number of halogens is 1. The molecular formula is C11H20BrN3O. The van der Waals surface area contributed by atoms with Gasteiger partial charge in [-0.2, -0.15) is 5.10 Å². The molecule has 3 N–H and O–H groups in total. The van der Waals surface area contributed by atoms with Crippen LogP contribution >= 0.6 is 15.9 Å². The van der Waals surface area contributed by atoms with Crippen LogP contribution in [0.3, 0.4) is 0 Å². The average Bonchev–Trinajstić information content (AvgIpc) is 2.45. The zero-order valence-corrected chi connectivity index (χ0v) is 11.7. The van der Waals surface area contributed by atoms with Gasteiger partial charge in [-0.1, -0.05) is 0 Å². The predicted molar refractivity (Wildman–Crippen MR) is 68.3 cm³/mol. The van der Waals surface area contributed by atoms with Crippen molar-refractivity contribution in [2.75, 3.05) is 6.54 Å². The third kappa shape index (κ3) is 3.06. The van der Waals surface area contributed by atoms with Crippen LogP contribution in [0, 0.1) is 6.92 Å². The molecule has 1 atom stereocenters. The quantitative estimate of drug-likeness (QED) is 0.866. The van der Waals surface area contributed by atoms with Gasteiger partial charge >= 0.3 is 0 Å². The minimum absolute atomic E-state index is 0.490. The maximum atomic E-state index is 10.2. The van der Waals surface area contributed by atoms with Crippen molar-refractivity contribution >= 4 is 15.9 Å². The standard InChI is InChI=1S/C11H20BrN3O/c1-4-15-9(10(12)8(2)14-15)7-11(3,16)5-6-13/h16H,4-7,13H2,1-3H3. The van der Waals surface area contributed by atoms with Crippen molar-refractivity contribution in [3.05, 3.63) is 15.9 Å². The Morgan fingerprint density at radius 1 is 1.56 bits per heavy atom. The van der Waals surface area contributed by atoms with E-state index < -0.39 is 5.60 Å². The van der Waals surface area contributed by atoms with Gasteiger partial charge in [-0.3, -0.25) is 4.68 Å². The summed E-state index contributed by atoms with van der Waals surface area (Å²) < 4.78 is 2.91. The lowest BCUT2D eigenvalue weighted by Crippen LogP contribution is -2.31. The Hall–Kier alpha value is -0.390. The molecule has 0 radical (unpaired) electrons. The number of nitrogens with two attached hydrogens (primary N) is 1. The first-order valence-electron chi connectivity index (χ1n) is 5.55. The van der Waals surface area contributed by atoms with Crippen molar-refractivity contribution < 1.29 is 5.11 Å². The van der Waals surface area contributed by atoms with Gasteiger partial charge in [0.1, 0.15) is 0 Å². The van der Waals surface area contributed by atoms with Gasteiger partial charge in [0.25, 0.3) is 0 Å². The lowest BCUT2D eigenvalue weighted by atomic mass is 9.96. The van der Waals surface area contributed by atoms with Gasteiger partial charge < -0.3 is 10.8 Å². The van der Waals surface area contributed by atoms with E-state index in [1.807, 2.05) is 25.5 Å². The summed E-state index contributed by atoms with van der Waals surface area (Å²) in [5.41, 5.74) is 6.72. The van der Waals surface area contributed by atoms with E-state index in [0.717, 1.165) is 22.4 Å². The van der Waals surface area contributed by atoms with Crippen LogP contribution in [-0.4, -0.2) is 27.0 Å². The molecule has 0 saturated carbocycles. The first-order valence-corrected chi connectivity index (χ1v) is 6.35. The Kier molecular flexibility index (Phi) is 4.52. The van der Waals surface area contributed by atoms with Gasteiger partial charge in [-0.25, -0.2) is 0 Å². The molecule has 0 aromatic carbocycles. The summed E-state index contributed by atoms with van der Waals surface area (Å²) in [5.74, 6) is 0. The number of hydrogen-bond acceptors (Lipinski definition) is 3. The number of hydrogen-bond donors (Lipinski definition) is 2. The van der Waals surface area contributed by atoms with E-state index in [1.54, 1.807) is 0 Å². The van der Waals surface area contributed by atoms with E-state index in [0.29, 0.717) is 19.4 Å². The smallest absolute Gasteiger partial charge is 0.0738 e. The zero-order chi connectivity index (χ0) is 12.3. The normalized spacial score (nSPS) is 15.1. The van der Waals surface area contributed by atoms with E-state index in [9.17, 15) is 5.11 Å². The van der Waals surface area contributed by atoms with E-state index in [1.165, 1.54) is 0 Å². The maximum absolute atomic E-state index is 10.2. The Morgan fingerprint density at radius 3 is 2.69 bits per heavy atom. The molecule has 0 bridgehead atoms. The van der Waals surface area contributed by atoms with Crippen LogP contribution < -0.4 is 5.73 Å². The van der Waals surface area contributed by atoms with Gasteiger partial charge in [-0.15, -0.1) is 0 Å². The first-order chi connectivity index (χ1) is 7.41. The van der Waals surface area contributed by atoms with Crippen molar-refractivity contribution in [3.63, 3.8) is 0 Å². The van der Waals surface area contributed by atoms with Crippen LogP contribution in [0.2, 0.25) is 0 Å². The van der Waals surface area contributed by atoms with Gasteiger partial charge in [-0.05, 0) is 49.7 Å². The molecule has 1 unspecified atom stereocenters. The summed E-state index contributed by atoms with van der Waals surface area (Å²) >= 11 is 3.52. The summed E-state index contributed by atoms with van der Waals surface area (Å²) in [4.78, 5) is 0. The van der Waals surface area contributed by atoms with E-state index in [4.69, 9.17) is 5.73 Å². The molecule has 0 aliphatic rings. The molecule has 1 heterocycles. The molecule has 1 rings (SSSR count). The summed E-state index contributed by atoms with van der Waals surface area (Å²) in [5, 5.41) is 14.6. The molecule has 1 aromatic rings. The van der Waals surface area contributed by atoms with Crippen LogP contribution in [0.1, 0.15) is 31.7 Å². The highest BCUT2D eigenvalue weighted by molar-refractivity contribution is 9.10. The second kappa shape index (κ2) is 5.29. The number of rotatable bonds is 5. The third-order valence-corrected chi connectivity index (χ3v) is 3.72. The van der Waals surface area contributed by atoms with E-state index in [2.05, 4.69) is 21.0 Å². The molecule has 1 aromatic heterocycles. The number of aryl methyl sites for hydroxylation is 2. The Bertz CT molecular complexity index is 360. The molecule has 0 spiro atoms. The summed E-state index contributed by atoms with van der Waals surface area (Å²) in [6.45, 7) is 7.11. The van der Waals surface area contributed by atoms with Crippen molar-refractivity contribution in [1.82, 2.24) is 9.78 Å². The van der Waals surface area contributed by atoms with Crippen LogP contribution in [0.4, 0.5) is 0 Å². The molecule has 16 heavy (non-hydrogen) atoms. The summed E-state index contributed by atoms with van der Waals surface area (Å²) in [6.07, 6.45) is 1.16. The highest BCUT2D eigenvalue weighted by Crippen LogP contribution is 2.26. The fourth-order valence-electron chi connectivity index (χ4n) is 1.80. The molecule has 5 heteroatoms. The van der Waals surface area contributed by atoms with Crippen molar-refractivity contribution in [1.29, 1.82) is 0 Å². The number of nitrogens with zero attached hydrogens (tertiary/aromatic N) is 2. The number of aliphatic hydroxyl groups is 1. The lowest BCUT2D eigenvalue weighted by Gasteiger charge is -2.23. The van der Waals surface area contributed by atoms with Gasteiger partial charge in [0, 0.05) is 13.0 Å². The molecule has 92 valence electrons. The van der Waals surface area contributed by atoms with Crippen LogP contribution in [0.15, 0.2) is 4.47 Å². The number of aromatic nitrogens is 2. The average molecular weight is 290 g/mol. The molecule has 0 aliphatic heterocycles. The van der Waals surface area contributed by atoms with Crippen LogP contribution in [0.5, 0.6) is 0 Å². The molecular weight excluding hydrogens is 270 g/mol. The molecule has 0 amide bonds. The van der Waals surface area contributed by atoms with Gasteiger partial charge in [0.2, 0.25) is 0 Å². The highest BCUT2D eigenvalue weighted by atomic mass is 79.9. The fourth-order valence-corrected chi connectivity index (χ4v) is 2.22. The fraction of sp³-hybridized carbons (Fsp3) is 0.727. The molecule has 0 aliphatic carbocycles. The van der Waals surface area contributed by atoms with Crippen LogP contribution in [-0.2, 0) is 13.0 Å². The second-order valence-corrected chi connectivity index (χ2v) is 5.17. The molecule has 4 nitrogen and oxygen atoms in total. The van der Waals surface area contributed by atoms with E-state index >= 15 is 0 Å². The van der Waals surface area contributed by atoms with Crippen molar-refractivity contribution in [2.24, 2.45) is 5.73 Å². The van der Waals surface area contributed by atoms with Crippen molar-refractivity contribution in [2.45, 2.75) is 45.8 Å². The SMILES string of the molecule is CCn1nc(C)c(Br)c1CC(C)(O)CCN. The monoisotopic (exact) mass is 289 g/mol. The van der Waals surface area contributed by atoms with Crippen LogP contribution in [0.25, 0.3) is 0 Å². The Morgan fingerprint density at radius 2 is 2.19 bits per heavy atom. The predicted octanol–water partition coefficient (Wildman–Crippen LogP) is 1.62. The summed E-state index contributed by atoms with van der Waals surface area (Å²) in [7, 11) is 0. The third-order valence-electron chi connectivity index (χ3n) is 2.68. The zero-order valence-electron chi connectivity index (χ0n) is 10.1. The lowest BCUT2D eigenvalue weighted by molar-refractivity contribution is 0.0516. The molecule has 0 saturated heterocycles. The maximum Gasteiger partial charge on any atom is 0.0738 e. The summed E-state index contributed by atoms with van der Waals surface area (Å²) in [6, 6.07) is 0. The minimum atomic E-state index is -0.767. The molecule has 0 fully saturated rings. The van der Waals surface area contributed by atoms with Crippen molar-refractivity contribution in [3.8, 4) is 0 Å². The minimum Gasteiger partial charge on any atom is -0.390 e. The largest absolute Gasteiger partial charge is 0.390 e. The first kappa shape index (κ1) is 13.7. The second-order valence-electron chi connectivity index (χ2n) is 4.37. The van der Waals surface area contributed by atoms with Gasteiger partial charge in [0.15, 0.2) is 0 Å². The highest BCUT2D eigenvalue weighted by Gasteiger charge is 2.24. The van der Waals surface area contributed by atoms with E-state index in [-0.39, 0.29) is 0 Å². The Balaban J connectivity index is 2.95. The topological polar surface area (TPSA) is 64.1 Å². The Labute approximate surface area is 105 Å². The van der Waals surface area contributed by atoms with Gasteiger partial charge in [0.05, 0.1) is 21.5 Å².